The maximum atomic E-state index is 13.6. The first-order chi connectivity index (χ1) is 41.7. The molecular formula is C63H92O25. The third-order valence-electron chi connectivity index (χ3n) is 23.4. The van der Waals surface area contributed by atoms with Gasteiger partial charge in [0, 0.05) is 54.3 Å². The van der Waals surface area contributed by atoms with Crippen LogP contribution < -0.4 is 0 Å². The maximum absolute atomic E-state index is 13.6. The van der Waals surface area contributed by atoms with Gasteiger partial charge in [-0.25, -0.2) is 29.3 Å². The summed E-state index contributed by atoms with van der Waals surface area (Å²) in [5, 5.41) is 11.0. The van der Waals surface area contributed by atoms with Crippen LogP contribution in [0.25, 0.3) is 0 Å². The van der Waals surface area contributed by atoms with Gasteiger partial charge in [-0.05, 0) is 114 Å². The summed E-state index contributed by atoms with van der Waals surface area (Å²) in [7, 11) is 0. The predicted molar refractivity (Wildman–Crippen MR) is 293 cm³/mol. The van der Waals surface area contributed by atoms with Crippen LogP contribution >= 0.6 is 0 Å². The van der Waals surface area contributed by atoms with Gasteiger partial charge in [-0.15, -0.1) is 0 Å². The van der Waals surface area contributed by atoms with Gasteiger partial charge >= 0.3 is 35.8 Å². The molecule has 15 rings (SSSR count). The Hall–Kier alpha value is -3.70. The molecule has 88 heavy (non-hydrogen) atoms. The number of aliphatic hydroxyl groups excluding tert-OH is 1. The maximum Gasteiger partial charge on any atom is 0.308 e. The van der Waals surface area contributed by atoms with E-state index in [0.29, 0.717) is 37.0 Å². The number of ether oxygens (including phenoxy) is 12. The van der Waals surface area contributed by atoms with Crippen LogP contribution in [0.2, 0.25) is 0 Å². The minimum Gasteiger partial charge on any atom is -0.465 e. The van der Waals surface area contributed by atoms with Crippen molar-refractivity contribution in [2.24, 2.45) is 75.9 Å². The number of esters is 6. The summed E-state index contributed by atoms with van der Waals surface area (Å²) in [4.78, 5) is 117. The Morgan fingerprint density at radius 1 is 0.420 bits per heavy atom. The largest absolute Gasteiger partial charge is 0.465 e. The van der Waals surface area contributed by atoms with Crippen molar-refractivity contribution in [3.05, 3.63) is 0 Å². The summed E-state index contributed by atoms with van der Waals surface area (Å²) in [5.41, 5.74) is -5.01. The van der Waals surface area contributed by atoms with Crippen LogP contribution in [0.15, 0.2) is 0 Å². The molecule has 24 atom stereocenters. The van der Waals surface area contributed by atoms with Crippen LogP contribution in [0.4, 0.5) is 0 Å². The molecule has 25 heteroatoms. The Balaban J connectivity index is 0.658. The van der Waals surface area contributed by atoms with E-state index in [4.69, 9.17) is 86.2 Å². The van der Waals surface area contributed by atoms with Crippen molar-refractivity contribution in [1.29, 1.82) is 0 Å². The number of carbonyl (C=O) groups excluding carboxylic acids is 6. The van der Waals surface area contributed by atoms with Crippen LogP contribution in [0.3, 0.4) is 0 Å². The van der Waals surface area contributed by atoms with Crippen molar-refractivity contribution in [3.8, 4) is 0 Å². The smallest absolute Gasteiger partial charge is 0.308 e. The standard InChI is InChI=1S/C63H92O25/c1-33-11-13-42-36(4)50(77-53-61(42)39(33)22-26-57(8,80-53)83-86-61)74-47(68)18-15-44(65)71-30-60(29-64,31-72-45(66)16-19-48(69)75-51-37(5)43-14-12-34(2)40-23-27-58(9)81-54(78-51)62(40,43)87-84-58)32-73-46(67)17-20-49(70)76-52-38(6)56(7)25-21-35(3)41-24-28-59(10)82-55(79-52)63(41,56)88-85-59/h33-43,50-55,64H,11-32H2,1-10H3/t33-,34-,35-,36-,37-,38+,39+,40+,41+,42+,43+,50-,51-,52-,53-,54-,55-,56+,57+,58+,59+,61-,62-,63+/m1/s1. The van der Waals surface area contributed by atoms with E-state index < -0.39 is 184 Å². The van der Waals surface area contributed by atoms with Crippen molar-refractivity contribution in [1.82, 2.24) is 0 Å². The molecule has 12 saturated heterocycles. The molecule has 6 bridgehead atoms. The molecule has 12 aliphatic heterocycles. The number of hydrogen-bond donors (Lipinski definition) is 1. The zero-order chi connectivity index (χ0) is 62.6. The number of carbonyl (C=O) groups is 6. The van der Waals surface area contributed by atoms with Crippen molar-refractivity contribution >= 4 is 35.8 Å². The summed E-state index contributed by atoms with van der Waals surface area (Å²) in [5.74, 6) is -7.98. The van der Waals surface area contributed by atoms with E-state index in [1.165, 1.54) is 0 Å². The van der Waals surface area contributed by atoms with Gasteiger partial charge < -0.3 is 61.9 Å². The predicted octanol–water partition coefficient (Wildman–Crippen LogP) is 7.58. The van der Waals surface area contributed by atoms with Gasteiger partial charge in [0.1, 0.15) is 19.8 Å². The fourth-order valence-electron chi connectivity index (χ4n) is 17.7. The molecule has 0 radical (unpaired) electrons. The van der Waals surface area contributed by atoms with Gasteiger partial charge in [0.05, 0.1) is 50.5 Å². The SMILES string of the molecule is C[C@H]1[C@H](OC(=O)CCC(=O)OCC(CO)(COC(=O)CCC(=O)O[C@@H]2O[C@@H]3O[C@]4(C)CC[C@H]5[C@H](C)CC[C@@H]([C@H]2C)[C@@]35OO4)COC(=O)CCC(=O)O[C@@H]2O[C@@H]3O[C@]4(C)CC[C@H]5[C@H](C)CC[C@@](C)([C@H]2C)[C@@]35OO4)O[C@@H]2O[C@]3(C)CC[C@H]4[C@H](C)CC[C@@H]1[C@@]24OO3. The number of aliphatic hydroxyl groups is 1. The van der Waals surface area contributed by atoms with Crippen molar-refractivity contribution in [2.45, 2.75) is 257 Å². The van der Waals surface area contributed by atoms with Crippen LogP contribution in [-0.2, 0) is 115 Å². The first-order valence-electron chi connectivity index (χ1n) is 32.5. The van der Waals surface area contributed by atoms with E-state index >= 15 is 0 Å². The van der Waals surface area contributed by atoms with E-state index in [9.17, 15) is 33.9 Å². The molecule has 3 saturated carbocycles. The summed E-state index contributed by atoms with van der Waals surface area (Å²) >= 11 is 0. The second-order valence-corrected chi connectivity index (χ2v) is 29.1. The topological polar surface area (TPSA) is 289 Å². The molecule has 0 unspecified atom stereocenters. The van der Waals surface area contributed by atoms with Crippen LogP contribution in [0.1, 0.15) is 185 Å². The molecule has 0 aromatic heterocycles. The highest BCUT2D eigenvalue weighted by atomic mass is 17.3. The Morgan fingerprint density at radius 2 is 0.795 bits per heavy atom. The molecule has 25 nitrogen and oxygen atoms in total. The van der Waals surface area contributed by atoms with Crippen molar-refractivity contribution < 1.29 is 120 Å². The minimum absolute atomic E-state index is 0.0693. The van der Waals surface area contributed by atoms with E-state index in [1.54, 1.807) is 20.8 Å². The Labute approximate surface area is 513 Å². The van der Waals surface area contributed by atoms with Crippen molar-refractivity contribution in [3.63, 3.8) is 0 Å². The van der Waals surface area contributed by atoms with Gasteiger partial charge in [-0.1, -0.05) is 48.5 Å². The van der Waals surface area contributed by atoms with Gasteiger partial charge in [0.15, 0.2) is 35.7 Å². The van der Waals surface area contributed by atoms with Gasteiger partial charge in [0.25, 0.3) is 0 Å². The lowest BCUT2D eigenvalue weighted by Gasteiger charge is -2.65. The molecule has 3 aliphatic carbocycles. The Bertz CT molecular complexity index is 2550. The zero-order valence-corrected chi connectivity index (χ0v) is 52.6. The summed E-state index contributed by atoms with van der Waals surface area (Å²) in [6.07, 6.45) is 1.09. The quantitative estimate of drug-likeness (QED) is 0.0740. The van der Waals surface area contributed by atoms with E-state index in [0.717, 1.165) is 57.8 Å². The first kappa shape index (κ1) is 64.4. The summed E-state index contributed by atoms with van der Waals surface area (Å²) < 4.78 is 73.0. The molecule has 15 aliphatic rings. The fraction of sp³-hybridized carbons (Fsp3) is 0.905. The molecule has 3 spiro atoms. The average Bonchev–Trinajstić information content (AvgIpc) is 1.24. The van der Waals surface area contributed by atoms with Crippen molar-refractivity contribution in [2.75, 3.05) is 26.4 Å². The highest BCUT2D eigenvalue weighted by molar-refractivity contribution is 5.79. The number of hydrogen-bond acceptors (Lipinski definition) is 25. The average molecular weight is 1250 g/mol. The fourth-order valence-corrected chi connectivity index (χ4v) is 17.7. The third kappa shape index (κ3) is 11.1. The summed E-state index contributed by atoms with van der Waals surface area (Å²) in [6.45, 7) is 17.1. The minimum atomic E-state index is -1.76. The molecule has 494 valence electrons. The van der Waals surface area contributed by atoms with E-state index in [1.807, 2.05) is 20.8 Å². The molecule has 0 amide bonds. The monoisotopic (exact) mass is 1250 g/mol. The number of rotatable bonds is 19. The number of fused-ring (bicyclic) bond motifs is 6. The highest BCUT2D eigenvalue weighted by Gasteiger charge is 2.76. The van der Waals surface area contributed by atoms with E-state index in [-0.39, 0.29) is 47.3 Å². The molecule has 0 aromatic rings. The Morgan fingerprint density at radius 3 is 1.24 bits per heavy atom. The molecule has 15 fully saturated rings. The second-order valence-electron chi connectivity index (χ2n) is 29.1. The highest BCUT2D eigenvalue weighted by Crippen LogP contribution is 2.67. The normalized spacial score (nSPS) is 47.4. The third-order valence-corrected chi connectivity index (χ3v) is 23.4. The van der Waals surface area contributed by atoms with Gasteiger partial charge in [-0.3, -0.25) is 28.8 Å². The van der Waals surface area contributed by atoms with Crippen LogP contribution in [-0.4, -0.2) is 139 Å². The zero-order valence-electron chi connectivity index (χ0n) is 52.6. The first-order valence-corrected chi connectivity index (χ1v) is 32.5. The van der Waals surface area contributed by atoms with Gasteiger partial charge in [-0.2, -0.15) is 0 Å². The summed E-state index contributed by atoms with van der Waals surface area (Å²) in [6, 6.07) is 0. The lowest BCUT2D eigenvalue weighted by molar-refractivity contribution is -0.586. The van der Waals surface area contributed by atoms with E-state index in [2.05, 4.69) is 27.7 Å². The molecule has 1 N–H and O–H groups in total. The van der Waals surface area contributed by atoms with Crippen LogP contribution in [0, 0.1) is 75.9 Å². The lowest BCUT2D eigenvalue weighted by Crippen LogP contribution is -2.74. The molecular weight excluding hydrogens is 1160 g/mol. The van der Waals surface area contributed by atoms with Crippen LogP contribution in [0.5, 0.6) is 0 Å². The molecule has 12 heterocycles. The molecule has 0 aromatic carbocycles. The Kier molecular flexibility index (Phi) is 17.6. The lowest BCUT2D eigenvalue weighted by atomic mass is 9.50. The van der Waals surface area contributed by atoms with Gasteiger partial charge in [0.2, 0.25) is 36.2 Å². The second kappa shape index (κ2) is 24.0.